The largest absolute Gasteiger partial charge is 0.365 e. The molecule has 5 nitrogen and oxygen atoms in total. The highest BCUT2D eigenvalue weighted by molar-refractivity contribution is 5.82. The lowest BCUT2D eigenvalue weighted by Crippen LogP contribution is -2.38. The summed E-state index contributed by atoms with van der Waals surface area (Å²) in [4.78, 5) is 15.7. The predicted octanol–water partition coefficient (Wildman–Crippen LogP) is 2.84. The molecule has 0 fully saturated rings. The average molecular weight is 247 g/mol. The number of rotatable bonds is 3. The second-order valence-electron chi connectivity index (χ2n) is 6.06. The van der Waals surface area contributed by atoms with Crippen molar-refractivity contribution in [3.05, 3.63) is 12.7 Å². The molecule has 0 aromatic carbocycles. The first-order chi connectivity index (χ1) is 8.39. The van der Waals surface area contributed by atoms with Gasteiger partial charge in [-0.1, -0.05) is 34.6 Å². The Morgan fingerprint density at radius 3 is 2.50 bits per heavy atom. The molecule has 1 atom stereocenters. The molecule has 2 N–H and O–H groups in total. The Bertz CT molecular complexity index is 523. The fourth-order valence-electron chi connectivity index (χ4n) is 2.40. The number of aromatic nitrogens is 4. The summed E-state index contributed by atoms with van der Waals surface area (Å²) >= 11 is 0. The summed E-state index contributed by atoms with van der Waals surface area (Å²) in [5, 5.41) is 3.53. The Labute approximate surface area is 107 Å². The van der Waals surface area contributed by atoms with E-state index in [9.17, 15) is 0 Å². The van der Waals surface area contributed by atoms with Crippen LogP contribution in [-0.2, 0) is 0 Å². The van der Waals surface area contributed by atoms with Gasteiger partial charge >= 0.3 is 0 Å². The van der Waals surface area contributed by atoms with Crippen LogP contribution < -0.4 is 5.32 Å². The van der Waals surface area contributed by atoms with E-state index < -0.39 is 0 Å². The summed E-state index contributed by atoms with van der Waals surface area (Å²) in [6.45, 7) is 11.1. The molecule has 2 rings (SSSR count). The molecule has 0 aliphatic carbocycles. The average Bonchev–Trinajstić information content (AvgIpc) is 2.72. The lowest BCUT2D eigenvalue weighted by atomic mass is 9.80. The quantitative estimate of drug-likeness (QED) is 0.875. The minimum atomic E-state index is 0.158. The molecule has 0 unspecified atom stereocenters. The van der Waals surface area contributed by atoms with Crippen molar-refractivity contribution >= 4 is 17.0 Å². The van der Waals surface area contributed by atoms with Crippen LogP contribution in [0, 0.1) is 11.3 Å². The Balaban J connectivity index is 2.34. The van der Waals surface area contributed by atoms with Crippen LogP contribution in [0.15, 0.2) is 12.7 Å². The number of hydrogen-bond acceptors (Lipinski definition) is 4. The van der Waals surface area contributed by atoms with Crippen LogP contribution in [0.25, 0.3) is 11.2 Å². The summed E-state index contributed by atoms with van der Waals surface area (Å²) in [6.07, 6.45) is 3.19. The third kappa shape index (κ3) is 2.44. The Hall–Kier alpha value is -1.65. The van der Waals surface area contributed by atoms with Crippen LogP contribution in [0.3, 0.4) is 0 Å². The number of hydrogen-bond donors (Lipinski definition) is 2. The molecule has 0 saturated heterocycles. The standard InChI is InChI=1S/C13H21N5/c1-8(2)10(13(3,4)5)18-12-9-11(15-6-14-9)16-7-17-12/h6-8,10H,1-5H3,(H2,14,15,16,17,18)/t10-/m1/s1. The first-order valence-corrected chi connectivity index (χ1v) is 6.30. The molecule has 2 heterocycles. The molecule has 0 aliphatic rings. The van der Waals surface area contributed by atoms with Crippen LogP contribution in [0.1, 0.15) is 34.6 Å². The third-order valence-corrected chi connectivity index (χ3v) is 3.11. The van der Waals surface area contributed by atoms with Crippen molar-refractivity contribution in [1.82, 2.24) is 19.9 Å². The summed E-state index contributed by atoms with van der Waals surface area (Å²) in [7, 11) is 0. The van der Waals surface area contributed by atoms with Crippen molar-refractivity contribution in [2.45, 2.75) is 40.7 Å². The van der Waals surface area contributed by atoms with Crippen molar-refractivity contribution < 1.29 is 0 Å². The highest BCUT2D eigenvalue weighted by Crippen LogP contribution is 2.29. The zero-order valence-corrected chi connectivity index (χ0v) is 11.7. The second kappa shape index (κ2) is 4.55. The topological polar surface area (TPSA) is 66.5 Å². The van der Waals surface area contributed by atoms with Crippen molar-refractivity contribution in [2.24, 2.45) is 11.3 Å². The SMILES string of the molecule is CC(C)[C@@H](Nc1ncnc2nc[nH]c12)C(C)(C)C. The maximum Gasteiger partial charge on any atom is 0.182 e. The van der Waals surface area contributed by atoms with E-state index in [1.54, 1.807) is 12.7 Å². The fraction of sp³-hybridized carbons (Fsp3) is 0.615. The number of aromatic amines is 1. The Morgan fingerprint density at radius 2 is 1.89 bits per heavy atom. The van der Waals surface area contributed by atoms with Crippen LogP contribution in [0.2, 0.25) is 0 Å². The zero-order chi connectivity index (χ0) is 13.3. The summed E-state index contributed by atoms with van der Waals surface area (Å²) in [5.74, 6) is 1.34. The van der Waals surface area contributed by atoms with E-state index in [0.29, 0.717) is 17.6 Å². The van der Waals surface area contributed by atoms with E-state index in [1.807, 2.05) is 0 Å². The molecule has 5 heteroatoms. The monoisotopic (exact) mass is 247 g/mol. The van der Waals surface area contributed by atoms with Crippen LogP contribution in [-0.4, -0.2) is 26.0 Å². The third-order valence-electron chi connectivity index (χ3n) is 3.11. The number of nitrogens with one attached hydrogen (secondary N) is 2. The van der Waals surface area contributed by atoms with Crippen LogP contribution >= 0.6 is 0 Å². The lowest BCUT2D eigenvalue weighted by Gasteiger charge is -2.35. The molecule has 2 aromatic heterocycles. The first kappa shape index (κ1) is 12.8. The van der Waals surface area contributed by atoms with Gasteiger partial charge in [-0.05, 0) is 11.3 Å². The van der Waals surface area contributed by atoms with Gasteiger partial charge in [-0.3, -0.25) is 0 Å². The molecular weight excluding hydrogens is 226 g/mol. The second-order valence-corrected chi connectivity index (χ2v) is 6.06. The normalized spacial score (nSPS) is 14.1. The maximum atomic E-state index is 4.32. The summed E-state index contributed by atoms with van der Waals surface area (Å²) in [6, 6.07) is 0.332. The van der Waals surface area contributed by atoms with Gasteiger partial charge in [-0.2, -0.15) is 0 Å². The Kier molecular flexibility index (Phi) is 3.24. The van der Waals surface area contributed by atoms with Gasteiger partial charge in [0, 0.05) is 6.04 Å². The molecule has 0 saturated carbocycles. The molecule has 0 spiro atoms. The van der Waals surface area contributed by atoms with Gasteiger partial charge in [0.25, 0.3) is 0 Å². The molecule has 0 bridgehead atoms. The number of fused-ring (bicyclic) bond motifs is 1. The predicted molar refractivity (Wildman–Crippen MR) is 73.4 cm³/mol. The smallest absolute Gasteiger partial charge is 0.182 e. The van der Waals surface area contributed by atoms with Crippen LogP contribution in [0.5, 0.6) is 0 Å². The van der Waals surface area contributed by atoms with Crippen molar-refractivity contribution in [3.8, 4) is 0 Å². The summed E-state index contributed by atoms with van der Waals surface area (Å²) < 4.78 is 0. The van der Waals surface area contributed by atoms with E-state index >= 15 is 0 Å². The number of anilines is 1. The molecule has 0 amide bonds. The highest BCUT2D eigenvalue weighted by atomic mass is 15.1. The molecule has 2 aromatic rings. The van der Waals surface area contributed by atoms with E-state index in [2.05, 4.69) is 59.9 Å². The van der Waals surface area contributed by atoms with E-state index in [0.717, 1.165) is 11.3 Å². The number of imidazole rings is 1. The van der Waals surface area contributed by atoms with Gasteiger partial charge < -0.3 is 10.3 Å². The van der Waals surface area contributed by atoms with E-state index in [4.69, 9.17) is 0 Å². The van der Waals surface area contributed by atoms with E-state index in [1.165, 1.54) is 0 Å². The van der Waals surface area contributed by atoms with Crippen molar-refractivity contribution in [3.63, 3.8) is 0 Å². The minimum absolute atomic E-state index is 0.158. The van der Waals surface area contributed by atoms with Gasteiger partial charge in [0.05, 0.1) is 6.33 Å². The van der Waals surface area contributed by atoms with Gasteiger partial charge in [-0.25, -0.2) is 15.0 Å². The summed E-state index contributed by atoms with van der Waals surface area (Å²) in [5.41, 5.74) is 1.72. The van der Waals surface area contributed by atoms with Gasteiger partial charge in [-0.15, -0.1) is 0 Å². The fourth-order valence-corrected chi connectivity index (χ4v) is 2.40. The van der Waals surface area contributed by atoms with Gasteiger partial charge in [0.2, 0.25) is 0 Å². The van der Waals surface area contributed by atoms with Crippen molar-refractivity contribution in [2.75, 3.05) is 5.32 Å². The molecule has 0 radical (unpaired) electrons. The number of nitrogens with zero attached hydrogens (tertiary/aromatic N) is 3. The first-order valence-electron chi connectivity index (χ1n) is 6.30. The Morgan fingerprint density at radius 1 is 1.17 bits per heavy atom. The molecular formula is C13H21N5. The highest BCUT2D eigenvalue weighted by Gasteiger charge is 2.28. The zero-order valence-electron chi connectivity index (χ0n) is 11.7. The van der Waals surface area contributed by atoms with Crippen molar-refractivity contribution in [1.29, 1.82) is 0 Å². The number of H-pyrrole nitrogens is 1. The lowest BCUT2D eigenvalue weighted by molar-refractivity contribution is 0.280. The van der Waals surface area contributed by atoms with Gasteiger partial charge in [0.1, 0.15) is 11.8 Å². The minimum Gasteiger partial charge on any atom is -0.365 e. The molecule has 0 aliphatic heterocycles. The van der Waals surface area contributed by atoms with E-state index in [-0.39, 0.29) is 5.41 Å². The molecule has 18 heavy (non-hydrogen) atoms. The van der Waals surface area contributed by atoms with Gasteiger partial charge in [0.15, 0.2) is 11.5 Å². The maximum absolute atomic E-state index is 4.32. The van der Waals surface area contributed by atoms with Crippen LogP contribution in [0.4, 0.5) is 5.82 Å². The molecule has 98 valence electrons.